The van der Waals surface area contributed by atoms with Crippen LogP contribution in [0, 0.1) is 11.3 Å². The fraction of sp³-hybridized carbons (Fsp3) is 0.882. The number of carbonyl (C=O) groups excluding carboxylic acids is 2. The van der Waals surface area contributed by atoms with E-state index in [0.717, 1.165) is 58.4 Å². The van der Waals surface area contributed by atoms with E-state index < -0.39 is 6.03 Å². The molecule has 132 valence electrons. The van der Waals surface area contributed by atoms with Gasteiger partial charge in [0.05, 0.1) is 0 Å². The summed E-state index contributed by atoms with van der Waals surface area (Å²) in [4.78, 5) is 27.7. The molecular weight excluding hydrogens is 292 g/mol. The first-order valence-electron chi connectivity index (χ1n) is 8.83. The van der Waals surface area contributed by atoms with Gasteiger partial charge in [0.1, 0.15) is 0 Å². The van der Waals surface area contributed by atoms with E-state index in [2.05, 4.69) is 10.2 Å². The molecule has 0 aromatic carbocycles. The van der Waals surface area contributed by atoms with Crippen LogP contribution in [0.1, 0.15) is 46.5 Å². The van der Waals surface area contributed by atoms with Crippen molar-refractivity contribution in [3.05, 3.63) is 0 Å². The number of likely N-dealkylation sites (tertiary alicyclic amines) is 2. The second-order valence-electron chi connectivity index (χ2n) is 8.07. The number of amides is 3. The van der Waals surface area contributed by atoms with Gasteiger partial charge in [0, 0.05) is 44.2 Å². The third kappa shape index (κ3) is 5.37. The van der Waals surface area contributed by atoms with E-state index in [-0.39, 0.29) is 17.4 Å². The van der Waals surface area contributed by atoms with Gasteiger partial charge in [-0.25, -0.2) is 4.79 Å². The molecule has 3 N–H and O–H groups in total. The van der Waals surface area contributed by atoms with Gasteiger partial charge < -0.3 is 20.9 Å². The first kappa shape index (κ1) is 18.0. The second kappa shape index (κ2) is 7.51. The normalized spacial score (nSPS) is 22.1. The van der Waals surface area contributed by atoms with Crippen LogP contribution in [0.25, 0.3) is 0 Å². The van der Waals surface area contributed by atoms with Crippen molar-refractivity contribution in [2.24, 2.45) is 17.1 Å². The van der Waals surface area contributed by atoms with Crippen LogP contribution >= 0.6 is 0 Å². The molecule has 6 nitrogen and oxygen atoms in total. The summed E-state index contributed by atoms with van der Waals surface area (Å²) in [6.07, 6.45) is 4.15. The number of nitrogens with zero attached hydrogens (tertiary/aromatic N) is 2. The Kier molecular flexibility index (Phi) is 5.89. The minimum absolute atomic E-state index is 0.231. The molecule has 0 radical (unpaired) electrons. The summed E-state index contributed by atoms with van der Waals surface area (Å²) in [5, 5.41) is 2.81. The second-order valence-corrected chi connectivity index (χ2v) is 8.07. The van der Waals surface area contributed by atoms with Crippen molar-refractivity contribution in [2.45, 2.75) is 52.5 Å². The number of piperidine rings is 2. The van der Waals surface area contributed by atoms with Crippen molar-refractivity contribution in [2.75, 3.05) is 32.7 Å². The molecule has 0 aromatic heterocycles. The van der Waals surface area contributed by atoms with E-state index in [0.29, 0.717) is 5.92 Å². The molecule has 3 amide bonds. The van der Waals surface area contributed by atoms with Gasteiger partial charge in [-0.3, -0.25) is 4.79 Å². The molecule has 6 heteroatoms. The zero-order valence-electron chi connectivity index (χ0n) is 14.8. The summed E-state index contributed by atoms with van der Waals surface area (Å²) < 4.78 is 0. The summed E-state index contributed by atoms with van der Waals surface area (Å²) in [5.74, 6) is 0.953. The predicted molar refractivity (Wildman–Crippen MR) is 90.9 cm³/mol. The Hall–Kier alpha value is -1.30. The Bertz CT molecular complexity index is 417. The Morgan fingerprint density at radius 3 is 2.09 bits per heavy atom. The van der Waals surface area contributed by atoms with Gasteiger partial charge in [0.25, 0.3) is 0 Å². The van der Waals surface area contributed by atoms with Crippen molar-refractivity contribution >= 4 is 11.9 Å². The predicted octanol–water partition coefficient (Wildman–Crippen LogP) is 1.40. The van der Waals surface area contributed by atoms with Crippen molar-refractivity contribution in [3.8, 4) is 0 Å². The fourth-order valence-electron chi connectivity index (χ4n) is 3.62. The zero-order chi connectivity index (χ0) is 17.0. The topological polar surface area (TPSA) is 78.7 Å². The standard InChI is InChI=1S/C17H32N4O2/c1-17(2,3)15(22)21-10-4-13(5-11-21)12-20-8-6-14(7-9-20)19-16(18)23/h13-14H,4-12H2,1-3H3,(H3,18,19,23). The van der Waals surface area contributed by atoms with E-state index in [1.54, 1.807) is 0 Å². The molecule has 0 atom stereocenters. The van der Waals surface area contributed by atoms with Gasteiger partial charge in [-0.2, -0.15) is 0 Å². The van der Waals surface area contributed by atoms with Gasteiger partial charge in [0.2, 0.25) is 5.91 Å². The molecule has 2 aliphatic rings. The first-order chi connectivity index (χ1) is 10.8. The Balaban J connectivity index is 1.69. The molecule has 2 rings (SSSR count). The maximum atomic E-state index is 12.3. The minimum atomic E-state index is -0.417. The zero-order valence-corrected chi connectivity index (χ0v) is 14.8. The highest BCUT2D eigenvalue weighted by atomic mass is 16.2. The number of nitrogens with two attached hydrogens (primary N) is 1. The highest BCUT2D eigenvalue weighted by Gasteiger charge is 2.31. The van der Waals surface area contributed by atoms with Crippen LogP contribution in [0.4, 0.5) is 4.79 Å². The molecule has 23 heavy (non-hydrogen) atoms. The third-order valence-electron chi connectivity index (χ3n) is 4.99. The third-order valence-corrected chi connectivity index (χ3v) is 4.99. The Labute approximate surface area is 139 Å². The first-order valence-corrected chi connectivity index (χ1v) is 8.83. The monoisotopic (exact) mass is 324 g/mol. The molecule has 2 saturated heterocycles. The van der Waals surface area contributed by atoms with E-state index in [1.807, 2.05) is 25.7 Å². The minimum Gasteiger partial charge on any atom is -0.352 e. The van der Waals surface area contributed by atoms with Crippen LogP contribution < -0.4 is 11.1 Å². The van der Waals surface area contributed by atoms with Crippen molar-refractivity contribution in [1.29, 1.82) is 0 Å². The molecule has 0 unspecified atom stereocenters. The van der Waals surface area contributed by atoms with Gasteiger partial charge in [-0.15, -0.1) is 0 Å². The number of urea groups is 1. The molecule has 0 aliphatic carbocycles. The smallest absolute Gasteiger partial charge is 0.312 e. The fourth-order valence-corrected chi connectivity index (χ4v) is 3.62. The molecule has 0 saturated carbocycles. The van der Waals surface area contributed by atoms with Crippen LogP contribution in [-0.2, 0) is 4.79 Å². The van der Waals surface area contributed by atoms with Crippen LogP contribution in [0.3, 0.4) is 0 Å². The van der Waals surface area contributed by atoms with Crippen LogP contribution in [0.2, 0.25) is 0 Å². The maximum absolute atomic E-state index is 12.3. The van der Waals surface area contributed by atoms with E-state index in [4.69, 9.17) is 5.73 Å². The van der Waals surface area contributed by atoms with Gasteiger partial charge in [0.15, 0.2) is 0 Å². The van der Waals surface area contributed by atoms with E-state index in [9.17, 15) is 9.59 Å². The van der Waals surface area contributed by atoms with Crippen molar-refractivity contribution < 1.29 is 9.59 Å². The largest absolute Gasteiger partial charge is 0.352 e. The number of carbonyl (C=O) groups is 2. The lowest BCUT2D eigenvalue weighted by Crippen LogP contribution is -2.49. The molecule has 2 heterocycles. The molecule has 2 aliphatic heterocycles. The molecule has 0 aromatic rings. The average molecular weight is 324 g/mol. The van der Waals surface area contributed by atoms with Gasteiger partial charge in [-0.1, -0.05) is 20.8 Å². The summed E-state index contributed by atoms with van der Waals surface area (Å²) >= 11 is 0. The van der Waals surface area contributed by atoms with Crippen LogP contribution in [-0.4, -0.2) is 60.5 Å². The van der Waals surface area contributed by atoms with E-state index in [1.165, 1.54) is 0 Å². The highest BCUT2D eigenvalue weighted by molar-refractivity contribution is 5.81. The van der Waals surface area contributed by atoms with Gasteiger partial charge >= 0.3 is 6.03 Å². The summed E-state index contributed by atoms with van der Waals surface area (Å²) in [7, 11) is 0. The Morgan fingerprint density at radius 2 is 1.61 bits per heavy atom. The highest BCUT2D eigenvalue weighted by Crippen LogP contribution is 2.25. The number of hydrogen-bond donors (Lipinski definition) is 2. The molecular formula is C17H32N4O2. The molecule has 0 bridgehead atoms. The molecule has 2 fully saturated rings. The summed E-state index contributed by atoms with van der Waals surface area (Å²) in [6, 6.07) is -0.186. The molecule has 0 spiro atoms. The lowest BCUT2D eigenvalue weighted by atomic mass is 9.90. The lowest BCUT2D eigenvalue weighted by molar-refractivity contribution is -0.141. The number of primary amides is 1. The lowest BCUT2D eigenvalue weighted by Gasteiger charge is -2.39. The van der Waals surface area contributed by atoms with Gasteiger partial charge in [-0.05, 0) is 31.6 Å². The van der Waals surface area contributed by atoms with Crippen molar-refractivity contribution in [3.63, 3.8) is 0 Å². The maximum Gasteiger partial charge on any atom is 0.312 e. The quantitative estimate of drug-likeness (QED) is 0.824. The number of rotatable bonds is 3. The summed E-state index contributed by atoms with van der Waals surface area (Å²) in [6.45, 7) is 10.9. The SMILES string of the molecule is CC(C)(C)C(=O)N1CCC(CN2CCC(NC(N)=O)CC2)CC1. The average Bonchev–Trinajstić information content (AvgIpc) is 2.48. The number of nitrogens with one attached hydrogen (secondary N) is 1. The van der Waals surface area contributed by atoms with Crippen LogP contribution in [0.15, 0.2) is 0 Å². The Morgan fingerprint density at radius 1 is 1.04 bits per heavy atom. The van der Waals surface area contributed by atoms with Crippen molar-refractivity contribution in [1.82, 2.24) is 15.1 Å². The number of hydrogen-bond acceptors (Lipinski definition) is 3. The van der Waals surface area contributed by atoms with Crippen LogP contribution in [0.5, 0.6) is 0 Å². The van der Waals surface area contributed by atoms with E-state index >= 15 is 0 Å². The summed E-state index contributed by atoms with van der Waals surface area (Å²) in [5.41, 5.74) is 4.90.